The average Bonchev–Trinajstić information content (AvgIpc) is 3.47. The van der Waals surface area contributed by atoms with E-state index < -0.39 is 0 Å². The number of hydrogen-bond acceptors (Lipinski definition) is 5. The van der Waals surface area contributed by atoms with E-state index in [2.05, 4.69) is 38.4 Å². The Morgan fingerprint density at radius 3 is 2.94 bits per heavy atom. The van der Waals surface area contributed by atoms with Gasteiger partial charge in [0.2, 0.25) is 5.91 Å². The molecule has 6 unspecified atom stereocenters. The molecule has 7 nitrogen and oxygen atoms in total. The fourth-order valence-electron chi connectivity index (χ4n) is 6.70. The number of fused-ring (bicyclic) bond motifs is 2. The van der Waals surface area contributed by atoms with Gasteiger partial charge in [0.05, 0.1) is 11.6 Å². The van der Waals surface area contributed by atoms with Gasteiger partial charge in [-0.3, -0.25) is 19.9 Å². The number of pyridine rings is 1. The maximum Gasteiger partial charge on any atom is 0.223 e. The number of benzene rings is 1. The molecule has 0 bridgehead atoms. The Labute approximate surface area is 211 Å². The van der Waals surface area contributed by atoms with Crippen molar-refractivity contribution in [1.29, 1.82) is 0 Å². The predicted octanol–water partition coefficient (Wildman–Crippen LogP) is 4.19. The van der Waals surface area contributed by atoms with E-state index in [4.69, 9.17) is 0 Å². The van der Waals surface area contributed by atoms with Crippen molar-refractivity contribution in [3.05, 3.63) is 59.8 Å². The Hall–Kier alpha value is -2.84. The van der Waals surface area contributed by atoms with Gasteiger partial charge in [0.25, 0.3) is 0 Å². The number of nitrogens with zero attached hydrogens (tertiary/aromatic N) is 3. The van der Waals surface area contributed by atoms with E-state index in [9.17, 15) is 9.18 Å². The lowest BCUT2D eigenvalue weighted by atomic mass is 9.74. The van der Waals surface area contributed by atoms with Crippen LogP contribution in [0.1, 0.15) is 62.2 Å². The Bertz CT molecular complexity index is 1240. The van der Waals surface area contributed by atoms with Gasteiger partial charge in [-0.2, -0.15) is 5.10 Å². The van der Waals surface area contributed by atoms with Gasteiger partial charge in [0.15, 0.2) is 0 Å². The summed E-state index contributed by atoms with van der Waals surface area (Å²) in [7, 11) is 0. The van der Waals surface area contributed by atoms with Crippen LogP contribution in [-0.4, -0.2) is 32.8 Å². The number of hydrazine groups is 1. The second-order valence-corrected chi connectivity index (χ2v) is 11.1. The molecule has 1 amide bonds. The Kier molecular flexibility index (Phi) is 6.48. The van der Waals surface area contributed by atoms with E-state index in [0.717, 1.165) is 68.1 Å². The zero-order valence-electron chi connectivity index (χ0n) is 20.8. The van der Waals surface area contributed by atoms with Crippen molar-refractivity contribution < 1.29 is 9.18 Å². The summed E-state index contributed by atoms with van der Waals surface area (Å²) in [5.41, 5.74) is 10.0. The fourth-order valence-corrected chi connectivity index (χ4v) is 6.70. The van der Waals surface area contributed by atoms with Crippen LogP contribution in [0.5, 0.6) is 0 Å². The zero-order chi connectivity index (χ0) is 24.6. The van der Waals surface area contributed by atoms with Gasteiger partial charge in [-0.15, -0.1) is 0 Å². The fraction of sp³-hybridized carbons (Fsp3) is 0.536. The molecule has 2 aromatic heterocycles. The maximum absolute atomic E-state index is 13.5. The molecule has 190 valence electrons. The molecule has 8 heteroatoms. The van der Waals surface area contributed by atoms with Crippen LogP contribution in [-0.2, 0) is 11.3 Å². The van der Waals surface area contributed by atoms with Gasteiger partial charge in [-0.05, 0) is 93.2 Å². The highest BCUT2D eigenvalue weighted by molar-refractivity contribution is 5.79. The summed E-state index contributed by atoms with van der Waals surface area (Å²) in [6, 6.07) is 9.79. The predicted molar refractivity (Wildman–Crippen MR) is 136 cm³/mol. The van der Waals surface area contributed by atoms with E-state index in [1.165, 1.54) is 17.7 Å². The van der Waals surface area contributed by atoms with Crippen LogP contribution in [0.3, 0.4) is 0 Å². The van der Waals surface area contributed by atoms with Crippen LogP contribution in [0.15, 0.2) is 42.7 Å². The monoisotopic (exact) mass is 490 g/mol. The van der Waals surface area contributed by atoms with Crippen LogP contribution in [0.4, 0.5) is 4.39 Å². The molecule has 2 saturated carbocycles. The van der Waals surface area contributed by atoms with Gasteiger partial charge in [-0.25, -0.2) is 9.82 Å². The van der Waals surface area contributed by atoms with Crippen molar-refractivity contribution in [2.24, 2.45) is 17.8 Å². The summed E-state index contributed by atoms with van der Waals surface area (Å²) in [4.78, 5) is 17.7. The quantitative estimate of drug-likeness (QED) is 0.500. The van der Waals surface area contributed by atoms with Crippen LogP contribution in [0, 0.1) is 30.5 Å². The summed E-state index contributed by atoms with van der Waals surface area (Å²) in [5, 5.41) is 8.87. The molecule has 0 spiro atoms. The molecular weight excluding hydrogens is 455 g/mol. The third-order valence-electron chi connectivity index (χ3n) is 8.49. The van der Waals surface area contributed by atoms with Crippen molar-refractivity contribution in [1.82, 2.24) is 30.9 Å². The number of amides is 1. The first-order valence-corrected chi connectivity index (χ1v) is 13.4. The lowest BCUT2D eigenvalue weighted by Gasteiger charge is -2.35. The number of hydrogen-bond donors (Lipinski definition) is 3. The minimum atomic E-state index is -0.233. The number of nitrogens with one attached hydrogen (secondary N) is 3. The molecule has 3 fully saturated rings. The summed E-state index contributed by atoms with van der Waals surface area (Å²) in [5.74, 6) is 0.902. The van der Waals surface area contributed by atoms with E-state index in [1.54, 1.807) is 6.07 Å². The molecule has 1 saturated heterocycles. The average molecular weight is 491 g/mol. The van der Waals surface area contributed by atoms with E-state index in [1.807, 2.05) is 24.0 Å². The second-order valence-electron chi connectivity index (χ2n) is 11.1. The highest BCUT2D eigenvalue weighted by Gasteiger charge is 2.43. The van der Waals surface area contributed by atoms with Crippen molar-refractivity contribution in [2.75, 3.05) is 0 Å². The number of halogens is 1. The first-order chi connectivity index (χ1) is 17.5. The Morgan fingerprint density at radius 2 is 2.06 bits per heavy atom. The molecule has 2 aliphatic carbocycles. The molecule has 6 rings (SSSR count). The highest BCUT2D eigenvalue weighted by atomic mass is 19.1. The number of carbonyl (C=O) groups is 1. The van der Waals surface area contributed by atoms with Crippen molar-refractivity contribution in [3.8, 4) is 0 Å². The van der Waals surface area contributed by atoms with E-state index in [0.29, 0.717) is 17.9 Å². The third kappa shape index (κ3) is 4.89. The molecule has 1 aliphatic heterocycles. The minimum absolute atomic E-state index is 0.0603. The van der Waals surface area contributed by atoms with Crippen molar-refractivity contribution in [3.63, 3.8) is 0 Å². The lowest BCUT2D eigenvalue weighted by molar-refractivity contribution is -0.127. The molecule has 3 aliphatic rings. The van der Waals surface area contributed by atoms with Crippen LogP contribution in [0.2, 0.25) is 0 Å². The van der Waals surface area contributed by atoms with Crippen LogP contribution in [0.25, 0.3) is 10.9 Å². The smallest absolute Gasteiger partial charge is 0.223 e. The molecule has 3 N–H and O–H groups in total. The molecule has 3 aromatic rings. The van der Waals surface area contributed by atoms with E-state index >= 15 is 0 Å². The topological polar surface area (TPSA) is 83.9 Å². The third-order valence-corrected chi connectivity index (χ3v) is 8.49. The van der Waals surface area contributed by atoms with Gasteiger partial charge < -0.3 is 5.32 Å². The number of aromatic nitrogens is 3. The van der Waals surface area contributed by atoms with Crippen molar-refractivity contribution >= 4 is 16.8 Å². The number of carbonyl (C=O) groups excluding carboxylic acids is 1. The van der Waals surface area contributed by atoms with E-state index in [-0.39, 0.29) is 29.7 Å². The molecule has 36 heavy (non-hydrogen) atoms. The first kappa shape index (κ1) is 23.6. The summed E-state index contributed by atoms with van der Waals surface area (Å²) < 4.78 is 15.5. The number of aryl methyl sites for hydroxylation is 1. The Balaban J connectivity index is 1.06. The summed E-state index contributed by atoms with van der Waals surface area (Å²) in [6.07, 6.45) is 10.9. The minimum Gasteiger partial charge on any atom is -0.353 e. The van der Waals surface area contributed by atoms with Crippen LogP contribution >= 0.6 is 0 Å². The van der Waals surface area contributed by atoms with Gasteiger partial charge in [-0.1, -0.05) is 6.42 Å². The second kappa shape index (κ2) is 9.90. The highest BCUT2D eigenvalue weighted by Crippen LogP contribution is 2.40. The SMILES string of the molecule is Cc1cc(C2NNC3CCC(C(=O)NC4CCCC(Cn5cc6cc(F)ccc6n5)C4)CC32)ccn1. The molecule has 3 heterocycles. The normalized spacial score (nSPS) is 30.3. The van der Waals surface area contributed by atoms with Gasteiger partial charge in [0.1, 0.15) is 5.82 Å². The van der Waals surface area contributed by atoms with Crippen LogP contribution < -0.4 is 16.2 Å². The first-order valence-electron chi connectivity index (χ1n) is 13.4. The summed E-state index contributed by atoms with van der Waals surface area (Å²) >= 11 is 0. The van der Waals surface area contributed by atoms with Gasteiger partial charge in [0, 0.05) is 48.0 Å². The molecule has 0 radical (unpaired) electrons. The molecule has 6 atom stereocenters. The van der Waals surface area contributed by atoms with Crippen molar-refractivity contribution in [2.45, 2.75) is 76.5 Å². The van der Waals surface area contributed by atoms with Gasteiger partial charge >= 0.3 is 0 Å². The maximum atomic E-state index is 13.5. The summed E-state index contributed by atoms with van der Waals surface area (Å²) in [6.45, 7) is 2.83. The lowest BCUT2D eigenvalue weighted by Crippen LogP contribution is -2.45. The molecule has 1 aromatic carbocycles. The number of rotatable bonds is 5. The Morgan fingerprint density at radius 1 is 1.14 bits per heavy atom. The molecular formula is C28H35FN6O. The largest absolute Gasteiger partial charge is 0.353 e. The zero-order valence-corrected chi connectivity index (χ0v) is 20.8. The standard InChI is InChI=1S/C28H35FN6O/c1-17-11-19(9-10-30-17)27-24-14-20(5-7-26(24)32-33-27)28(36)31-23-4-2-3-18(12-23)15-35-16-21-13-22(29)6-8-25(21)34-35/h6,8-11,13,16,18,20,23-24,26-27,32-33H,2-5,7,12,14-15H2,1H3,(H,31,36).